The van der Waals surface area contributed by atoms with Gasteiger partial charge in [0.1, 0.15) is 0 Å². The van der Waals surface area contributed by atoms with E-state index in [-0.39, 0.29) is 29.6 Å². The van der Waals surface area contributed by atoms with Crippen LogP contribution in [0.15, 0.2) is 30.3 Å². The van der Waals surface area contributed by atoms with Gasteiger partial charge in [0, 0.05) is 51.5 Å². The van der Waals surface area contributed by atoms with E-state index in [2.05, 4.69) is 5.32 Å². The molecule has 0 unspecified atom stereocenters. The molecule has 6 heteroatoms. The van der Waals surface area contributed by atoms with Crippen LogP contribution in [0.1, 0.15) is 38.2 Å². The zero-order valence-electron chi connectivity index (χ0n) is 16.0. The molecule has 0 atom stereocenters. The first-order valence-corrected chi connectivity index (χ1v) is 9.90. The fourth-order valence-corrected chi connectivity index (χ4v) is 4.03. The molecule has 2 fully saturated rings. The van der Waals surface area contributed by atoms with E-state index in [9.17, 15) is 14.4 Å². The third kappa shape index (κ3) is 5.08. The number of piperazine rings is 1. The summed E-state index contributed by atoms with van der Waals surface area (Å²) < 4.78 is 0. The van der Waals surface area contributed by atoms with Crippen LogP contribution < -0.4 is 5.32 Å². The van der Waals surface area contributed by atoms with E-state index < -0.39 is 0 Å². The first-order valence-electron chi connectivity index (χ1n) is 9.90. The van der Waals surface area contributed by atoms with Gasteiger partial charge in [-0.3, -0.25) is 14.4 Å². The van der Waals surface area contributed by atoms with Gasteiger partial charge < -0.3 is 15.1 Å². The van der Waals surface area contributed by atoms with Crippen molar-refractivity contribution in [2.24, 2.45) is 11.8 Å². The van der Waals surface area contributed by atoms with E-state index in [1.54, 1.807) is 11.8 Å². The van der Waals surface area contributed by atoms with Gasteiger partial charge in [0.25, 0.3) is 0 Å². The Kier molecular flexibility index (Phi) is 6.48. The molecule has 1 heterocycles. The molecule has 146 valence electrons. The SMILES string of the molecule is CC(=O)N1CCN(C(=O)C2CCC(C(=O)NCc3ccccc3)CC2)CC1. The van der Waals surface area contributed by atoms with Gasteiger partial charge in [0.2, 0.25) is 17.7 Å². The lowest BCUT2D eigenvalue weighted by Gasteiger charge is -2.37. The standard InChI is InChI=1S/C21H29N3O3/c1-16(25)23-11-13-24(14-12-23)21(27)19-9-7-18(8-10-19)20(26)22-15-17-5-3-2-4-6-17/h2-6,18-19H,7-15H2,1H3,(H,22,26). The Balaban J connectivity index is 1.41. The van der Waals surface area contributed by atoms with Crippen molar-refractivity contribution in [2.75, 3.05) is 26.2 Å². The number of carbonyl (C=O) groups is 3. The maximum atomic E-state index is 12.7. The highest BCUT2D eigenvalue weighted by molar-refractivity contribution is 5.81. The van der Waals surface area contributed by atoms with Crippen molar-refractivity contribution in [1.82, 2.24) is 15.1 Å². The van der Waals surface area contributed by atoms with Crippen LogP contribution in [-0.2, 0) is 20.9 Å². The number of hydrogen-bond donors (Lipinski definition) is 1. The van der Waals surface area contributed by atoms with Crippen LogP contribution in [0.2, 0.25) is 0 Å². The van der Waals surface area contributed by atoms with Crippen LogP contribution in [0.5, 0.6) is 0 Å². The molecule has 6 nitrogen and oxygen atoms in total. The molecule has 1 aliphatic carbocycles. The summed E-state index contributed by atoms with van der Waals surface area (Å²) in [4.78, 5) is 40.2. The molecule has 1 aromatic carbocycles. The fourth-order valence-electron chi connectivity index (χ4n) is 4.03. The van der Waals surface area contributed by atoms with Crippen molar-refractivity contribution in [1.29, 1.82) is 0 Å². The van der Waals surface area contributed by atoms with Gasteiger partial charge in [0.15, 0.2) is 0 Å². The monoisotopic (exact) mass is 371 g/mol. The largest absolute Gasteiger partial charge is 0.352 e. The predicted octanol–water partition coefficient (Wildman–Crippen LogP) is 1.80. The first-order chi connectivity index (χ1) is 13.0. The maximum absolute atomic E-state index is 12.7. The number of hydrogen-bond acceptors (Lipinski definition) is 3. The van der Waals surface area contributed by atoms with Gasteiger partial charge >= 0.3 is 0 Å². The van der Waals surface area contributed by atoms with Crippen molar-refractivity contribution in [3.05, 3.63) is 35.9 Å². The number of carbonyl (C=O) groups excluding carboxylic acids is 3. The molecule has 27 heavy (non-hydrogen) atoms. The Hall–Kier alpha value is -2.37. The molecule has 0 bridgehead atoms. The quantitative estimate of drug-likeness (QED) is 0.877. The Bertz CT molecular complexity index is 661. The lowest BCUT2D eigenvalue weighted by molar-refractivity contribution is -0.143. The Labute approximate surface area is 160 Å². The van der Waals surface area contributed by atoms with Crippen molar-refractivity contribution in [3.63, 3.8) is 0 Å². The van der Waals surface area contributed by atoms with E-state index in [0.717, 1.165) is 31.2 Å². The minimum absolute atomic E-state index is 0.00678. The average Bonchev–Trinajstić information content (AvgIpc) is 2.72. The van der Waals surface area contributed by atoms with Crippen molar-refractivity contribution in [3.8, 4) is 0 Å². The van der Waals surface area contributed by atoms with Crippen LogP contribution in [0.4, 0.5) is 0 Å². The molecule has 3 rings (SSSR count). The summed E-state index contributed by atoms with van der Waals surface area (Å²) in [6, 6.07) is 9.90. The normalized spacial score (nSPS) is 23.0. The zero-order valence-corrected chi connectivity index (χ0v) is 16.0. The van der Waals surface area contributed by atoms with E-state index in [4.69, 9.17) is 0 Å². The van der Waals surface area contributed by atoms with Crippen molar-refractivity contribution < 1.29 is 14.4 Å². The molecular weight excluding hydrogens is 342 g/mol. The Morgan fingerprint density at radius 1 is 0.889 bits per heavy atom. The fraction of sp³-hybridized carbons (Fsp3) is 0.571. The Morgan fingerprint density at radius 3 is 2.04 bits per heavy atom. The lowest BCUT2D eigenvalue weighted by Crippen LogP contribution is -2.51. The Morgan fingerprint density at radius 2 is 1.44 bits per heavy atom. The molecule has 0 radical (unpaired) electrons. The number of amides is 3. The van der Waals surface area contributed by atoms with Gasteiger partial charge in [-0.1, -0.05) is 30.3 Å². The molecule has 0 spiro atoms. The van der Waals surface area contributed by atoms with Crippen LogP contribution in [-0.4, -0.2) is 53.7 Å². The van der Waals surface area contributed by atoms with Crippen LogP contribution >= 0.6 is 0 Å². The van der Waals surface area contributed by atoms with Gasteiger partial charge in [-0.2, -0.15) is 0 Å². The molecule has 1 aromatic rings. The van der Waals surface area contributed by atoms with Gasteiger partial charge in [0.05, 0.1) is 0 Å². The summed E-state index contributed by atoms with van der Waals surface area (Å²) in [5, 5.41) is 3.02. The summed E-state index contributed by atoms with van der Waals surface area (Å²) >= 11 is 0. The van der Waals surface area contributed by atoms with Crippen molar-refractivity contribution in [2.45, 2.75) is 39.2 Å². The summed E-state index contributed by atoms with van der Waals surface area (Å²) in [6.07, 6.45) is 3.08. The topological polar surface area (TPSA) is 69.7 Å². The van der Waals surface area contributed by atoms with Crippen LogP contribution in [0.25, 0.3) is 0 Å². The number of benzene rings is 1. The first kappa shape index (κ1) is 19.4. The third-order valence-corrected chi connectivity index (χ3v) is 5.79. The van der Waals surface area contributed by atoms with Crippen LogP contribution in [0, 0.1) is 11.8 Å². The number of nitrogens with zero attached hydrogens (tertiary/aromatic N) is 2. The summed E-state index contributed by atoms with van der Waals surface area (Å²) in [6.45, 7) is 4.61. The zero-order chi connectivity index (χ0) is 19.2. The second-order valence-electron chi connectivity index (χ2n) is 7.58. The number of rotatable bonds is 4. The van der Waals surface area contributed by atoms with E-state index in [1.165, 1.54) is 0 Å². The average molecular weight is 371 g/mol. The van der Waals surface area contributed by atoms with Crippen LogP contribution in [0.3, 0.4) is 0 Å². The molecule has 1 aliphatic heterocycles. The highest BCUT2D eigenvalue weighted by Crippen LogP contribution is 2.30. The van der Waals surface area contributed by atoms with Gasteiger partial charge in [-0.15, -0.1) is 0 Å². The summed E-state index contributed by atoms with van der Waals surface area (Å²) in [5.74, 6) is 0.393. The van der Waals surface area contributed by atoms with Crippen molar-refractivity contribution >= 4 is 17.7 Å². The molecule has 1 saturated carbocycles. The predicted molar refractivity (Wildman–Crippen MR) is 103 cm³/mol. The maximum Gasteiger partial charge on any atom is 0.225 e. The highest BCUT2D eigenvalue weighted by Gasteiger charge is 2.33. The lowest BCUT2D eigenvalue weighted by atomic mass is 9.80. The number of nitrogens with one attached hydrogen (secondary N) is 1. The summed E-state index contributed by atoms with van der Waals surface area (Å²) in [5.41, 5.74) is 1.10. The van der Waals surface area contributed by atoms with E-state index in [0.29, 0.717) is 32.7 Å². The van der Waals surface area contributed by atoms with E-state index >= 15 is 0 Å². The minimum atomic E-state index is 0.00678. The molecule has 0 aromatic heterocycles. The second kappa shape index (κ2) is 9.02. The highest BCUT2D eigenvalue weighted by atomic mass is 16.2. The smallest absolute Gasteiger partial charge is 0.225 e. The molecular formula is C21H29N3O3. The van der Waals surface area contributed by atoms with Gasteiger partial charge in [-0.25, -0.2) is 0 Å². The van der Waals surface area contributed by atoms with E-state index in [1.807, 2.05) is 35.2 Å². The molecule has 3 amide bonds. The third-order valence-electron chi connectivity index (χ3n) is 5.79. The summed E-state index contributed by atoms with van der Waals surface area (Å²) in [7, 11) is 0. The molecule has 1 N–H and O–H groups in total. The second-order valence-corrected chi connectivity index (χ2v) is 7.58. The molecule has 2 aliphatic rings. The van der Waals surface area contributed by atoms with Gasteiger partial charge in [-0.05, 0) is 31.2 Å². The minimum Gasteiger partial charge on any atom is -0.352 e. The molecule has 1 saturated heterocycles.